The van der Waals surface area contributed by atoms with Crippen molar-refractivity contribution in [1.82, 2.24) is 15.2 Å². The molecule has 1 atom stereocenters. The fourth-order valence-corrected chi connectivity index (χ4v) is 3.23. The molecule has 8 heteroatoms. The Morgan fingerprint density at radius 1 is 1.43 bits per heavy atom. The molecule has 1 aromatic carbocycles. The van der Waals surface area contributed by atoms with Gasteiger partial charge in [0.2, 0.25) is 0 Å². The maximum atomic E-state index is 6.26. The highest BCUT2D eigenvalue weighted by atomic mass is 79.9. The molecule has 5 nitrogen and oxygen atoms in total. The molecule has 0 radical (unpaired) electrons. The van der Waals surface area contributed by atoms with E-state index in [1.54, 1.807) is 18.0 Å². The lowest BCUT2D eigenvalue weighted by Crippen LogP contribution is -2.31. The third-order valence-corrected chi connectivity index (χ3v) is 3.97. The van der Waals surface area contributed by atoms with Gasteiger partial charge in [0.25, 0.3) is 0 Å². The Bertz CT molecular complexity index is 600. The van der Waals surface area contributed by atoms with Gasteiger partial charge in [-0.3, -0.25) is 10.5 Å². The quantitative estimate of drug-likeness (QED) is 0.584. The number of halogens is 3. The minimum atomic E-state index is -0.327. The van der Waals surface area contributed by atoms with Gasteiger partial charge in [-0.2, -0.15) is 5.10 Å². The minimum absolute atomic E-state index is 0.327. The number of hydrogen-bond donors (Lipinski definition) is 2. The second-order valence-corrected chi connectivity index (χ2v) is 6.16. The van der Waals surface area contributed by atoms with Gasteiger partial charge in [-0.05, 0) is 23.8 Å². The summed E-state index contributed by atoms with van der Waals surface area (Å²) in [7, 11) is 1.64. The van der Waals surface area contributed by atoms with E-state index in [9.17, 15) is 0 Å². The van der Waals surface area contributed by atoms with Crippen LogP contribution in [0.25, 0.3) is 0 Å². The van der Waals surface area contributed by atoms with Crippen molar-refractivity contribution >= 4 is 39.1 Å². The predicted octanol–water partition coefficient (Wildman–Crippen LogP) is 3.15. The van der Waals surface area contributed by atoms with Crippen LogP contribution in [-0.2, 0) is 11.3 Å². The molecule has 1 aromatic heterocycles. The first kappa shape index (κ1) is 16.7. The van der Waals surface area contributed by atoms with E-state index >= 15 is 0 Å². The largest absolute Gasteiger partial charge is 0.383 e. The number of hydrazine groups is 1. The Kier molecular flexibility index (Phi) is 6.04. The highest BCUT2D eigenvalue weighted by Crippen LogP contribution is 2.31. The lowest BCUT2D eigenvalue weighted by molar-refractivity contribution is 0.182. The maximum Gasteiger partial charge on any atom is 0.0894 e. The molecule has 0 fully saturated rings. The van der Waals surface area contributed by atoms with Crippen LogP contribution < -0.4 is 11.3 Å². The van der Waals surface area contributed by atoms with Gasteiger partial charge in [0.1, 0.15) is 0 Å². The van der Waals surface area contributed by atoms with Gasteiger partial charge in [0.05, 0.1) is 36.1 Å². The van der Waals surface area contributed by atoms with Crippen LogP contribution in [0.2, 0.25) is 10.0 Å². The Labute approximate surface area is 141 Å². The summed E-state index contributed by atoms with van der Waals surface area (Å²) in [5.41, 5.74) is 4.42. The summed E-state index contributed by atoms with van der Waals surface area (Å²) in [6, 6.07) is 5.25. The zero-order valence-corrected chi connectivity index (χ0v) is 14.4. The monoisotopic (exact) mass is 392 g/mol. The molecular weight excluding hydrogens is 379 g/mol. The first-order valence-electron chi connectivity index (χ1n) is 6.19. The molecule has 0 saturated heterocycles. The summed E-state index contributed by atoms with van der Waals surface area (Å²) in [6.45, 7) is 1.11. The van der Waals surface area contributed by atoms with Crippen molar-refractivity contribution < 1.29 is 4.74 Å². The SMILES string of the molecule is COCCn1ncc(Cl)c1C(NN)c1cc(Cl)cc(Br)c1. The number of rotatable bonds is 6. The molecule has 0 amide bonds. The van der Waals surface area contributed by atoms with E-state index in [4.69, 9.17) is 33.8 Å². The molecular formula is C13H15BrCl2N4O. The summed E-state index contributed by atoms with van der Waals surface area (Å²) in [4.78, 5) is 0. The molecule has 0 aliphatic heterocycles. The standard InChI is InChI=1S/C13H15BrCl2N4O/c1-21-3-2-20-13(11(16)7-18-20)12(19-17)8-4-9(14)6-10(15)5-8/h4-7,12,19H,2-3,17H2,1H3. The van der Waals surface area contributed by atoms with Gasteiger partial charge in [-0.1, -0.05) is 39.1 Å². The van der Waals surface area contributed by atoms with Gasteiger partial charge in [-0.25, -0.2) is 5.43 Å². The molecule has 21 heavy (non-hydrogen) atoms. The second kappa shape index (κ2) is 7.58. The molecule has 114 valence electrons. The van der Waals surface area contributed by atoms with Crippen LogP contribution in [0.1, 0.15) is 17.3 Å². The number of methoxy groups -OCH3 is 1. The molecule has 3 N–H and O–H groups in total. The minimum Gasteiger partial charge on any atom is -0.383 e. The fourth-order valence-electron chi connectivity index (χ4n) is 2.09. The number of aromatic nitrogens is 2. The molecule has 1 heterocycles. The zero-order chi connectivity index (χ0) is 15.4. The number of nitrogens with two attached hydrogens (primary N) is 1. The van der Waals surface area contributed by atoms with Gasteiger partial charge >= 0.3 is 0 Å². The first-order chi connectivity index (χ1) is 10.1. The number of nitrogens with one attached hydrogen (secondary N) is 1. The summed E-state index contributed by atoms with van der Waals surface area (Å²) in [5, 5.41) is 5.40. The summed E-state index contributed by atoms with van der Waals surface area (Å²) >= 11 is 15.8. The van der Waals surface area contributed by atoms with Gasteiger partial charge in [-0.15, -0.1) is 0 Å². The normalized spacial score (nSPS) is 12.6. The van der Waals surface area contributed by atoms with E-state index in [2.05, 4.69) is 26.5 Å². The average Bonchev–Trinajstić information content (AvgIpc) is 2.78. The Morgan fingerprint density at radius 2 is 2.19 bits per heavy atom. The molecule has 1 unspecified atom stereocenters. The lowest BCUT2D eigenvalue weighted by atomic mass is 10.0. The van der Waals surface area contributed by atoms with Crippen molar-refractivity contribution in [2.75, 3.05) is 13.7 Å². The van der Waals surface area contributed by atoms with Crippen LogP contribution >= 0.6 is 39.1 Å². The number of hydrogen-bond acceptors (Lipinski definition) is 4. The van der Waals surface area contributed by atoms with Crippen molar-refractivity contribution in [3.63, 3.8) is 0 Å². The molecule has 0 aliphatic carbocycles. The molecule has 2 aromatic rings. The van der Waals surface area contributed by atoms with Gasteiger partial charge in [0.15, 0.2) is 0 Å². The summed E-state index contributed by atoms with van der Waals surface area (Å²) in [5.74, 6) is 5.72. The van der Waals surface area contributed by atoms with Crippen LogP contribution in [0.4, 0.5) is 0 Å². The summed E-state index contributed by atoms with van der Waals surface area (Å²) in [6.07, 6.45) is 1.59. The van der Waals surface area contributed by atoms with E-state index in [0.29, 0.717) is 23.2 Å². The van der Waals surface area contributed by atoms with E-state index in [-0.39, 0.29) is 6.04 Å². The molecule has 0 aliphatic rings. The third-order valence-electron chi connectivity index (χ3n) is 3.00. The predicted molar refractivity (Wildman–Crippen MR) is 87.4 cm³/mol. The van der Waals surface area contributed by atoms with E-state index in [1.807, 2.05) is 18.2 Å². The Morgan fingerprint density at radius 3 is 2.81 bits per heavy atom. The number of nitrogens with zero attached hydrogens (tertiary/aromatic N) is 2. The average molecular weight is 394 g/mol. The molecule has 0 spiro atoms. The van der Waals surface area contributed by atoms with E-state index in [1.165, 1.54) is 0 Å². The Hall–Kier alpha value is -0.630. The van der Waals surface area contributed by atoms with Crippen molar-refractivity contribution in [2.24, 2.45) is 5.84 Å². The second-order valence-electron chi connectivity index (χ2n) is 4.40. The summed E-state index contributed by atoms with van der Waals surface area (Å²) < 4.78 is 7.72. The van der Waals surface area contributed by atoms with E-state index in [0.717, 1.165) is 15.7 Å². The van der Waals surface area contributed by atoms with Crippen molar-refractivity contribution in [3.8, 4) is 0 Å². The third kappa shape index (κ3) is 3.97. The van der Waals surface area contributed by atoms with Crippen molar-refractivity contribution in [3.05, 3.63) is 50.2 Å². The lowest BCUT2D eigenvalue weighted by Gasteiger charge is -2.19. The highest BCUT2D eigenvalue weighted by molar-refractivity contribution is 9.10. The van der Waals surface area contributed by atoms with Gasteiger partial charge in [0, 0.05) is 16.6 Å². The van der Waals surface area contributed by atoms with Crippen LogP contribution in [-0.4, -0.2) is 23.5 Å². The molecule has 0 bridgehead atoms. The number of benzene rings is 1. The topological polar surface area (TPSA) is 65.1 Å². The highest BCUT2D eigenvalue weighted by Gasteiger charge is 2.22. The van der Waals surface area contributed by atoms with Crippen molar-refractivity contribution in [1.29, 1.82) is 0 Å². The van der Waals surface area contributed by atoms with Crippen LogP contribution in [0.3, 0.4) is 0 Å². The van der Waals surface area contributed by atoms with Crippen LogP contribution in [0, 0.1) is 0 Å². The van der Waals surface area contributed by atoms with Crippen molar-refractivity contribution in [2.45, 2.75) is 12.6 Å². The van der Waals surface area contributed by atoms with Gasteiger partial charge < -0.3 is 4.74 Å². The Balaban J connectivity index is 2.43. The van der Waals surface area contributed by atoms with Crippen LogP contribution in [0.15, 0.2) is 28.9 Å². The zero-order valence-electron chi connectivity index (χ0n) is 11.3. The van der Waals surface area contributed by atoms with E-state index < -0.39 is 0 Å². The smallest absolute Gasteiger partial charge is 0.0894 e. The fraction of sp³-hybridized carbons (Fsp3) is 0.308. The maximum absolute atomic E-state index is 6.26. The van der Waals surface area contributed by atoms with Crippen LogP contribution in [0.5, 0.6) is 0 Å². The molecule has 2 rings (SSSR count). The first-order valence-corrected chi connectivity index (χ1v) is 7.74. The number of ether oxygens (including phenoxy) is 1. The molecule has 0 saturated carbocycles.